The van der Waals surface area contributed by atoms with Crippen molar-refractivity contribution >= 4 is 22.6 Å². The summed E-state index contributed by atoms with van der Waals surface area (Å²) in [6.07, 6.45) is 1.20. The monoisotopic (exact) mass is 237 g/mol. The Morgan fingerprint density at radius 1 is 1.53 bits per heavy atom. The van der Waals surface area contributed by atoms with Gasteiger partial charge < -0.3 is 15.4 Å². The predicted molar refractivity (Wildman–Crippen MR) is 58.4 cm³/mol. The first-order valence-electron chi connectivity index (χ1n) is 4.70. The molecule has 0 saturated carbocycles. The van der Waals surface area contributed by atoms with Gasteiger partial charge in [-0.3, -0.25) is 9.59 Å². The number of benzene rings is 1. The average Bonchev–Trinajstić information content (AvgIpc) is 2.28. The number of hydrogen-bond acceptors (Lipinski definition) is 4. The van der Waals surface area contributed by atoms with Crippen LogP contribution in [-0.4, -0.2) is 27.6 Å². The van der Waals surface area contributed by atoms with Crippen LogP contribution >= 0.6 is 0 Å². The molecule has 0 radical (unpaired) electrons. The van der Waals surface area contributed by atoms with Crippen molar-refractivity contribution in [1.82, 2.24) is 9.97 Å². The van der Waals surface area contributed by atoms with Gasteiger partial charge in [0.05, 0.1) is 22.9 Å². The van der Waals surface area contributed by atoms with Crippen LogP contribution in [0.25, 0.3) is 10.9 Å². The first-order chi connectivity index (χ1) is 8.08. The van der Waals surface area contributed by atoms with Gasteiger partial charge in [0.1, 0.15) is 12.4 Å². The summed E-state index contributed by atoms with van der Waals surface area (Å²) in [5.74, 6) is -1.80. The summed E-state index contributed by atoms with van der Waals surface area (Å²) in [6, 6.07) is 2.31. The number of halogens is 1. The SMILES string of the molecule is O=C(O)CNc1cc2nc[nH]c(=O)c2cc1F. The number of nitrogens with zero attached hydrogens (tertiary/aromatic N) is 1. The summed E-state index contributed by atoms with van der Waals surface area (Å²) in [6.45, 7) is -0.411. The summed E-state index contributed by atoms with van der Waals surface area (Å²) in [4.78, 5) is 27.9. The fourth-order valence-electron chi connectivity index (χ4n) is 1.40. The van der Waals surface area contributed by atoms with E-state index in [1.54, 1.807) is 0 Å². The summed E-state index contributed by atoms with van der Waals surface area (Å²) < 4.78 is 13.5. The van der Waals surface area contributed by atoms with E-state index in [2.05, 4.69) is 15.3 Å². The maximum absolute atomic E-state index is 13.5. The Hall–Kier alpha value is -2.44. The van der Waals surface area contributed by atoms with Crippen LogP contribution in [0.15, 0.2) is 23.3 Å². The van der Waals surface area contributed by atoms with Gasteiger partial charge in [-0.05, 0) is 12.1 Å². The molecule has 0 spiro atoms. The highest BCUT2D eigenvalue weighted by Crippen LogP contribution is 2.18. The van der Waals surface area contributed by atoms with Crippen LogP contribution in [0.2, 0.25) is 0 Å². The van der Waals surface area contributed by atoms with E-state index in [1.807, 2.05) is 0 Å². The van der Waals surface area contributed by atoms with Crippen molar-refractivity contribution in [1.29, 1.82) is 0 Å². The van der Waals surface area contributed by atoms with E-state index in [9.17, 15) is 14.0 Å². The zero-order valence-electron chi connectivity index (χ0n) is 8.53. The van der Waals surface area contributed by atoms with Crippen molar-refractivity contribution in [3.8, 4) is 0 Å². The highest BCUT2D eigenvalue weighted by atomic mass is 19.1. The van der Waals surface area contributed by atoms with Crippen LogP contribution in [0.4, 0.5) is 10.1 Å². The molecule has 0 fully saturated rings. The van der Waals surface area contributed by atoms with Gasteiger partial charge in [0, 0.05) is 0 Å². The number of rotatable bonds is 3. The molecule has 0 aliphatic carbocycles. The molecule has 6 nitrogen and oxygen atoms in total. The molecule has 3 N–H and O–H groups in total. The number of aromatic amines is 1. The molecule has 1 aromatic heterocycles. The Kier molecular flexibility index (Phi) is 2.73. The Labute approximate surface area is 94.1 Å². The second kappa shape index (κ2) is 4.20. The molecular formula is C10H8FN3O3. The molecule has 1 aromatic carbocycles. The van der Waals surface area contributed by atoms with Crippen molar-refractivity contribution in [3.05, 3.63) is 34.6 Å². The molecule has 88 valence electrons. The fourth-order valence-corrected chi connectivity index (χ4v) is 1.40. The predicted octanol–water partition coefficient (Wildman–Crippen LogP) is 0.559. The van der Waals surface area contributed by atoms with Gasteiger partial charge in [0.15, 0.2) is 0 Å². The van der Waals surface area contributed by atoms with E-state index < -0.39 is 23.9 Å². The largest absolute Gasteiger partial charge is 0.480 e. The van der Waals surface area contributed by atoms with Crippen LogP contribution in [0, 0.1) is 5.82 Å². The molecule has 0 bridgehead atoms. The molecule has 0 amide bonds. The number of carboxylic acid groups (broad SMARTS) is 1. The maximum Gasteiger partial charge on any atom is 0.322 e. The fraction of sp³-hybridized carbons (Fsp3) is 0.100. The van der Waals surface area contributed by atoms with Crippen molar-refractivity contribution in [2.24, 2.45) is 0 Å². The molecule has 1 heterocycles. The zero-order chi connectivity index (χ0) is 12.4. The van der Waals surface area contributed by atoms with E-state index in [1.165, 1.54) is 12.4 Å². The number of aromatic nitrogens is 2. The van der Waals surface area contributed by atoms with Crippen LogP contribution in [0.1, 0.15) is 0 Å². The standard InChI is InChI=1S/C10H8FN3O3/c11-6-1-5-7(13-4-14-10(5)17)2-8(6)12-3-9(15)16/h1-2,4,12H,3H2,(H,15,16)(H,13,14,17). The third-order valence-corrected chi connectivity index (χ3v) is 2.16. The van der Waals surface area contributed by atoms with E-state index in [4.69, 9.17) is 5.11 Å². The minimum atomic E-state index is -1.11. The van der Waals surface area contributed by atoms with Crippen molar-refractivity contribution < 1.29 is 14.3 Å². The quantitative estimate of drug-likeness (QED) is 0.724. The van der Waals surface area contributed by atoms with E-state index in [0.29, 0.717) is 5.52 Å². The lowest BCUT2D eigenvalue weighted by atomic mass is 10.2. The molecule has 0 atom stereocenters. The Bertz CT molecular complexity index is 638. The Morgan fingerprint density at radius 3 is 3.00 bits per heavy atom. The molecule has 0 saturated heterocycles. The summed E-state index contributed by atoms with van der Waals surface area (Å²) in [5.41, 5.74) is -0.153. The van der Waals surface area contributed by atoms with Crippen LogP contribution in [-0.2, 0) is 4.79 Å². The number of carboxylic acids is 1. The third kappa shape index (κ3) is 2.22. The van der Waals surface area contributed by atoms with Crippen LogP contribution in [0.5, 0.6) is 0 Å². The van der Waals surface area contributed by atoms with Gasteiger partial charge in [0.2, 0.25) is 0 Å². The molecule has 0 unspecified atom stereocenters. The van der Waals surface area contributed by atoms with Crippen LogP contribution in [0.3, 0.4) is 0 Å². The summed E-state index contributed by atoms with van der Waals surface area (Å²) in [7, 11) is 0. The number of fused-ring (bicyclic) bond motifs is 1. The first kappa shape index (κ1) is 11.1. The van der Waals surface area contributed by atoms with Gasteiger partial charge in [0.25, 0.3) is 5.56 Å². The highest BCUT2D eigenvalue weighted by Gasteiger charge is 2.08. The minimum absolute atomic E-state index is 0.00185. The van der Waals surface area contributed by atoms with Gasteiger partial charge >= 0.3 is 5.97 Å². The normalized spacial score (nSPS) is 10.4. The number of anilines is 1. The third-order valence-electron chi connectivity index (χ3n) is 2.16. The van der Waals surface area contributed by atoms with E-state index in [0.717, 1.165) is 6.07 Å². The molecule has 2 aromatic rings. The number of H-pyrrole nitrogens is 1. The number of aliphatic carboxylic acids is 1. The highest BCUT2D eigenvalue weighted by molar-refractivity contribution is 5.82. The first-order valence-corrected chi connectivity index (χ1v) is 4.70. The molecule has 7 heteroatoms. The van der Waals surface area contributed by atoms with Gasteiger partial charge in [-0.25, -0.2) is 9.37 Å². The smallest absolute Gasteiger partial charge is 0.322 e. The van der Waals surface area contributed by atoms with Crippen LogP contribution < -0.4 is 10.9 Å². The second-order valence-corrected chi connectivity index (χ2v) is 3.33. The Morgan fingerprint density at radius 2 is 2.29 bits per heavy atom. The summed E-state index contributed by atoms with van der Waals surface area (Å²) in [5, 5.41) is 11.0. The minimum Gasteiger partial charge on any atom is -0.480 e. The lowest BCUT2D eigenvalue weighted by molar-refractivity contribution is -0.134. The van der Waals surface area contributed by atoms with Crippen molar-refractivity contribution in [3.63, 3.8) is 0 Å². The van der Waals surface area contributed by atoms with Gasteiger partial charge in [-0.15, -0.1) is 0 Å². The van der Waals surface area contributed by atoms with Crippen molar-refractivity contribution in [2.75, 3.05) is 11.9 Å². The summed E-state index contributed by atoms with van der Waals surface area (Å²) >= 11 is 0. The van der Waals surface area contributed by atoms with Gasteiger partial charge in [-0.1, -0.05) is 0 Å². The Balaban J connectivity index is 2.48. The number of carbonyl (C=O) groups is 1. The van der Waals surface area contributed by atoms with Crippen molar-refractivity contribution in [2.45, 2.75) is 0 Å². The van der Waals surface area contributed by atoms with E-state index in [-0.39, 0.29) is 11.1 Å². The topological polar surface area (TPSA) is 95.1 Å². The lowest BCUT2D eigenvalue weighted by Crippen LogP contribution is -2.14. The second-order valence-electron chi connectivity index (χ2n) is 3.33. The molecular weight excluding hydrogens is 229 g/mol. The molecule has 2 rings (SSSR count). The van der Waals surface area contributed by atoms with Gasteiger partial charge in [-0.2, -0.15) is 0 Å². The molecule has 17 heavy (non-hydrogen) atoms. The lowest BCUT2D eigenvalue weighted by Gasteiger charge is -2.05. The molecule has 0 aliphatic rings. The number of hydrogen-bond donors (Lipinski definition) is 3. The zero-order valence-corrected chi connectivity index (χ0v) is 8.53. The molecule has 0 aliphatic heterocycles. The maximum atomic E-state index is 13.5. The number of nitrogens with one attached hydrogen (secondary N) is 2. The van der Waals surface area contributed by atoms with E-state index >= 15 is 0 Å². The average molecular weight is 237 g/mol.